The fourth-order valence-corrected chi connectivity index (χ4v) is 2.07. The van der Waals surface area contributed by atoms with Crippen LogP contribution in [0, 0.1) is 0 Å². The fourth-order valence-electron chi connectivity index (χ4n) is 1.79. The number of hydrogen-bond donors (Lipinski definition) is 1. The van der Waals surface area contributed by atoms with E-state index in [0.717, 1.165) is 27.3 Å². The van der Waals surface area contributed by atoms with Gasteiger partial charge in [-0.3, -0.25) is 0 Å². The van der Waals surface area contributed by atoms with E-state index in [0.29, 0.717) is 0 Å². The minimum absolute atomic E-state index is 0.743. The van der Waals surface area contributed by atoms with Crippen LogP contribution in [0.25, 0.3) is 10.8 Å². The summed E-state index contributed by atoms with van der Waals surface area (Å²) in [5.41, 5.74) is 0.950. The topological polar surface area (TPSA) is 28.2 Å². The summed E-state index contributed by atoms with van der Waals surface area (Å²) < 4.78 is 0. The Balaban J connectivity index is 2.85. The summed E-state index contributed by atoms with van der Waals surface area (Å²) >= 11 is 6.23. The average molecular weight is 236 g/mol. The highest BCUT2D eigenvalue weighted by atomic mass is 35.5. The van der Waals surface area contributed by atoms with Crippen LogP contribution in [0.5, 0.6) is 0 Å². The maximum absolute atomic E-state index is 6.23. The Labute approximate surface area is 100 Å². The second-order valence-electron chi connectivity index (χ2n) is 3.80. The maximum atomic E-state index is 6.23. The molecule has 0 atom stereocenters. The van der Waals surface area contributed by atoms with Crippen molar-refractivity contribution in [3.05, 3.63) is 29.4 Å². The predicted molar refractivity (Wildman–Crippen MR) is 70.6 cm³/mol. The average Bonchev–Trinajstić information content (AvgIpc) is 2.27. The van der Waals surface area contributed by atoms with Crippen LogP contribution in [-0.4, -0.2) is 26.1 Å². The molecule has 1 aromatic carbocycles. The van der Waals surface area contributed by atoms with Gasteiger partial charge in [-0.15, -0.1) is 0 Å². The number of rotatable bonds is 2. The molecule has 1 heterocycles. The molecule has 16 heavy (non-hydrogen) atoms. The fraction of sp³-hybridized carbons (Fsp3) is 0.250. The first-order chi connectivity index (χ1) is 7.65. The van der Waals surface area contributed by atoms with Gasteiger partial charge in [-0.25, -0.2) is 4.98 Å². The summed E-state index contributed by atoms with van der Waals surface area (Å²) in [6.07, 6.45) is 1.81. The minimum Gasteiger partial charge on any atom is -0.386 e. The summed E-state index contributed by atoms with van der Waals surface area (Å²) in [4.78, 5) is 6.41. The van der Waals surface area contributed by atoms with Crippen molar-refractivity contribution in [2.24, 2.45) is 0 Å². The van der Waals surface area contributed by atoms with Crippen molar-refractivity contribution in [2.45, 2.75) is 0 Å². The first-order valence-electron chi connectivity index (χ1n) is 5.07. The molecule has 2 rings (SSSR count). The van der Waals surface area contributed by atoms with Crippen LogP contribution in [0.3, 0.4) is 0 Å². The minimum atomic E-state index is 0.743. The van der Waals surface area contributed by atoms with Gasteiger partial charge in [0.25, 0.3) is 0 Å². The van der Waals surface area contributed by atoms with E-state index in [2.05, 4.69) is 10.3 Å². The Bertz CT molecular complexity index is 523. The van der Waals surface area contributed by atoms with Gasteiger partial charge in [-0.05, 0) is 6.07 Å². The van der Waals surface area contributed by atoms with E-state index in [-0.39, 0.29) is 0 Å². The molecule has 0 saturated heterocycles. The number of halogens is 1. The van der Waals surface area contributed by atoms with Crippen LogP contribution in [0.4, 0.5) is 11.5 Å². The summed E-state index contributed by atoms with van der Waals surface area (Å²) in [6, 6.07) is 5.87. The summed E-state index contributed by atoms with van der Waals surface area (Å²) in [6.45, 7) is 0. The molecule has 0 aliphatic rings. The van der Waals surface area contributed by atoms with E-state index in [1.807, 2.05) is 50.4 Å². The zero-order chi connectivity index (χ0) is 11.7. The highest BCUT2D eigenvalue weighted by Gasteiger charge is 2.10. The highest BCUT2D eigenvalue weighted by Crippen LogP contribution is 2.34. The summed E-state index contributed by atoms with van der Waals surface area (Å²) in [5.74, 6) is 0.927. The molecule has 84 valence electrons. The molecule has 0 bridgehead atoms. The molecule has 0 radical (unpaired) electrons. The van der Waals surface area contributed by atoms with E-state index in [9.17, 15) is 0 Å². The molecular formula is C12H14ClN3. The number of nitrogens with zero attached hydrogens (tertiary/aromatic N) is 2. The van der Waals surface area contributed by atoms with Crippen molar-refractivity contribution in [1.29, 1.82) is 0 Å². The van der Waals surface area contributed by atoms with Crippen LogP contribution in [0.2, 0.25) is 5.02 Å². The number of fused-ring (bicyclic) bond motifs is 1. The maximum Gasteiger partial charge on any atom is 0.136 e. The quantitative estimate of drug-likeness (QED) is 0.868. The lowest BCUT2D eigenvalue weighted by Crippen LogP contribution is -2.11. The van der Waals surface area contributed by atoms with Crippen LogP contribution >= 0.6 is 11.6 Å². The molecule has 0 unspecified atom stereocenters. The predicted octanol–water partition coefficient (Wildman–Crippen LogP) is 3.00. The Kier molecular flexibility index (Phi) is 2.88. The first-order valence-corrected chi connectivity index (χ1v) is 5.45. The number of benzene rings is 1. The van der Waals surface area contributed by atoms with Crippen molar-refractivity contribution in [1.82, 2.24) is 4.98 Å². The zero-order valence-electron chi connectivity index (χ0n) is 9.58. The Morgan fingerprint density at radius 3 is 2.69 bits per heavy atom. The van der Waals surface area contributed by atoms with Gasteiger partial charge in [-0.1, -0.05) is 23.7 Å². The van der Waals surface area contributed by atoms with Gasteiger partial charge >= 0.3 is 0 Å². The van der Waals surface area contributed by atoms with Crippen molar-refractivity contribution < 1.29 is 0 Å². The van der Waals surface area contributed by atoms with Crippen LogP contribution in [0.15, 0.2) is 24.4 Å². The summed E-state index contributed by atoms with van der Waals surface area (Å²) in [5, 5.41) is 5.93. The van der Waals surface area contributed by atoms with E-state index in [1.54, 1.807) is 0 Å². The molecule has 0 saturated carbocycles. The van der Waals surface area contributed by atoms with E-state index in [4.69, 9.17) is 11.6 Å². The Morgan fingerprint density at radius 1 is 1.31 bits per heavy atom. The number of pyridine rings is 1. The second kappa shape index (κ2) is 4.18. The zero-order valence-corrected chi connectivity index (χ0v) is 10.3. The Morgan fingerprint density at radius 2 is 2.06 bits per heavy atom. The molecule has 3 nitrogen and oxygen atoms in total. The molecule has 1 N–H and O–H groups in total. The SMILES string of the molecule is CNc1cnc(N(C)C)c2cccc(Cl)c12. The number of nitrogens with one attached hydrogen (secondary N) is 1. The lowest BCUT2D eigenvalue weighted by atomic mass is 10.1. The van der Waals surface area contributed by atoms with Crippen molar-refractivity contribution in [2.75, 3.05) is 31.4 Å². The largest absolute Gasteiger partial charge is 0.386 e. The highest BCUT2D eigenvalue weighted by molar-refractivity contribution is 6.37. The van der Waals surface area contributed by atoms with Gasteiger partial charge in [0.2, 0.25) is 0 Å². The third kappa shape index (κ3) is 1.67. The molecule has 1 aromatic heterocycles. The number of hydrogen-bond acceptors (Lipinski definition) is 3. The molecular weight excluding hydrogens is 222 g/mol. The van der Waals surface area contributed by atoms with Gasteiger partial charge in [0.1, 0.15) is 5.82 Å². The smallest absolute Gasteiger partial charge is 0.136 e. The lowest BCUT2D eigenvalue weighted by Gasteiger charge is -2.16. The third-order valence-electron chi connectivity index (χ3n) is 2.53. The van der Waals surface area contributed by atoms with Crippen molar-refractivity contribution in [3.63, 3.8) is 0 Å². The first kappa shape index (κ1) is 11.0. The molecule has 0 amide bonds. The lowest BCUT2D eigenvalue weighted by molar-refractivity contribution is 1.08. The van der Waals surface area contributed by atoms with Gasteiger partial charge < -0.3 is 10.2 Å². The third-order valence-corrected chi connectivity index (χ3v) is 2.85. The number of anilines is 2. The number of aromatic nitrogens is 1. The molecule has 0 aliphatic carbocycles. The monoisotopic (exact) mass is 235 g/mol. The van der Waals surface area contributed by atoms with E-state index >= 15 is 0 Å². The molecule has 0 aliphatic heterocycles. The van der Waals surface area contributed by atoms with Crippen molar-refractivity contribution >= 4 is 33.9 Å². The van der Waals surface area contributed by atoms with Crippen LogP contribution in [0.1, 0.15) is 0 Å². The molecule has 0 fully saturated rings. The van der Waals surface area contributed by atoms with Crippen LogP contribution in [-0.2, 0) is 0 Å². The molecule has 2 aromatic rings. The normalized spacial score (nSPS) is 10.5. The van der Waals surface area contributed by atoms with Crippen molar-refractivity contribution in [3.8, 4) is 0 Å². The van der Waals surface area contributed by atoms with Crippen LogP contribution < -0.4 is 10.2 Å². The van der Waals surface area contributed by atoms with E-state index < -0.39 is 0 Å². The summed E-state index contributed by atoms with van der Waals surface area (Å²) in [7, 11) is 5.82. The van der Waals surface area contributed by atoms with Gasteiger partial charge in [0.05, 0.1) is 16.9 Å². The van der Waals surface area contributed by atoms with Gasteiger partial charge in [0, 0.05) is 31.9 Å². The standard InChI is InChI=1S/C12H14ClN3/c1-14-10-7-15-12(16(2)3)8-5-4-6-9(13)11(8)10/h4-7,14H,1-3H3. The van der Waals surface area contributed by atoms with Gasteiger partial charge in [-0.2, -0.15) is 0 Å². The second-order valence-corrected chi connectivity index (χ2v) is 4.21. The molecule has 0 spiro atoms. The molecule has 4 heteroatoms. The van der Waals surface area contributed by atoms with Gasteiger partial charge in [0.15, 0.2) is 0 Å². The Hall–Kier alpha value is -1.48. The van der Waals surface area contributed by atoms with E-state index in [1.165, 1.54) is 0 Å².